The second-order valence-corrected chi connectivity index (χ2v) is 6.70. The summed E-state index contributed by atoms with van der Waals surface area (Å²) < 4.78 is 44.3. The van der Waals surface area contributed by atoms with Gasteiger partial charge in [0.15, 0.2) is 5.82 Å². The van der Waals surface area contributed by atoms with Crippen LogP contribution in [0.2, 0.25) is 0 Å². The van der Waals surface area contributed by atoms with Crippen molar-refractivity contribution in [1.29, 1.82) is 0 Å². The van der Waals surface area contributed by atoms with Crippen molar-refractivity contribution >= 4 is 0 Å². The molecule has 1 N–H and O–H groups in total. The monoisotopic (exact) mass is 373 g/mol. The van der Waals surface area contributed by atoms with E-state index in [9.17, 15) is 13.2 Å². The number of hydrogen-bond acceptors (Lipinski definition) is 4. The Hall–Kier alpha value is -2.67. The van der Waals surface area contributed by atoms with Crippen LogP contribution in [0.25, 0.3) is 11.5 Å². The normalized spacial score (nSPS) is 15.7. The number of halogens is 3. The van der Waals surface area contributed by atoms with Gasteiger partial charge in [-0.15, -0.1) is 0 Å². The van der Waals surface area contributed by atoms with Crippen LogP contribution in [0.4, 0.5) is 13.2 Å². The van der Waals surface area contributed by atoms with Crippen LogP contribution >= 0.6 is 0 Å². The second-order valence-electron chi connectivity index (χ2n) is 6.70. The molecule has 7 heteroatoms. The summed E-state index contributed by atoms with van der Waals surface area (Å²) in [6.07, 6.45) is -2.35. The van der Waals surface area contributed by atoms with Crippen LogP contribution in [0.15, 0.2) is 59.1 Å². The average molecular weight is 373 g/mol. The number of nitrogens with zero attached hydrogens (tertiary/aromatic N) is 2. The summed E-state index contributed by atoms with van der Waals surface area (Å²) in [7, 11) is 0. The van der Waals surface area contributed by atoms with E-state index in [-0.39, 0.29) is 6.04 Å². The summed E-state index contributed by atoms with van der Waals surface area (Å²) in [6.45, 7) is 0.327. The molecule has 2 aromatic carbocycles. The summed E-state index contributed by atoms with van der Waals surface area (Å²) in [5.41, 5.74) is 0.838. The van der Waals surface area contributed by atoms with Crippen molar-refractivity contribution in [2.24, 2.45) is 5.92 Å². The van der Waals surface area contributed by atoms with Crippen molar-refractivity contribution in [3.63, 3.8) is 0 Å². The maximum absolute atomic E-state index is 13.0. The Balaban J connectivity index is 1.48. The molecule has 0 amide bonds. The lowest BCUT2D eigenvalue weighted by Gasteiger charge is -2.19. The third-order valence-electron chi connectivity index (χ3n) is 4.64. The van der Waals surface area contributed by atoms with Crippen molar-refractivity contribution < 1.29 is 17.7 Å². The van der Waals surface area contributed by atoms with Gasteiger partial charge in [0, 0.05) is 11.6 Å². The highest BCUT2D eigenvalue weighted by molar-refractivity contribution is 5.51. The van der Waals surface area contributed by atoms with E-state index < -0.39 is 11.7 Å². The summed E-state index contributed by atoms with van der Waals surface area (Å²) in [5.74, 6) is 1.23. The lowest BCUT2D eigenvalue weighted by atomic mass is 10.00. The molecule has 0 saturated heterocycles. The first-order valence-corrected chi connectivity index (χ1v) is 8.79. The van der Waals surface area contributed by atoms with E-state index in [2.05, 4.69) is 15.5 Å². The van der Waals surface area contributed by atoms with E-state index in [1.807, 2.05) is 30.3 Å². The second kappa shape index (κ2) is 7.15. The summed E-state index contributed by atoms with van der Waals surface area (Å²) in [6, 6.07) is 14.8. The predicted molar refractivity (Wildman–Crippen MR) is 93.5 cm³/mol. The van der Waals surface area contributed by atoms with Crippen molar-refractivity contribution in [1.82, 2.24) is 15.5 Å². The minimum atomic E-state index is -4.34. The van der Waals surface area contributed by atoms with E-state index >= 15 is 0 Å². The first-order valence-electron chi connectivity index (χ1n) is 8.79. The molecule has 1 saturated carbocycles. The van der Waals surface area contributed by atoms with E-state index in [0.717, 1.165) is 24.5 Å². The average Bonchev–Trinajstić information content (AvgIpc) is 3.39. The number of aromatic nitrogens is 2. The highest BCUT2D eigenvalue weighted by Gasteiger charge is 2.35. The van der Waals surface area contributed by atoms with Crippen LogP contribution in [0.3, 0.4) is 0 Å². The van der Waals surface area contributed by atoms with Crippen molar-refractivity contribution in [3.05, 3.63) is 71.5 Å². The van der Waals surface area contributed by atoms with Crippen molar-refractivity contribution in [2.45, 2.75) is 31.6 Å². The van der Waals surface area contributed by atoms with E-state index in [1.165, 1.54) is 12.1 Å². The molecule has 1 aromatic heterocycles. The van der Waals surface area contributed by atoms with Gasteiger partial charge >= 0.3 is 6.18 Å². The Morgan fingerprint density at radius 3 is 2.56 bits per heavy atom. The quantitative estimate of drug-likeness (QED) is 0.661. The Labute approximate surface area is 154 Å². The molecule has 0 unspecified atom stereocenters. The molecule has 4 nitrogen and oxygen atoms in total. The number of alkyl halides is 3. The van der Waals surface area contributed by atoms with Gasteiger partial charge in [-0.3, -0.25) is 0 Å². The molecule has 0 radical (unpaired) electrons. The Bertz CT molecular complexity index is 904. The van der Waals surface area contributed by atoms with Gasteiger partial charge in [0.25, 0.3) is 5.89 Å². The van der Waals surface area contributed by atoms with Crippen LogP contribution in [0.1, 0.15) is 35.8 Å². The minimum absolute atomic E-state index is 0.161. The predicted octanol–water partition coefficient (Wildman–Crippen LogP) is 5.00. The molecular weight excluding hydrogens is 355 g/mol. The van der Waals surface area contributed by atoms with E-state index in [0.29, 0.717) is 29.7 Å². The molecule has 0 spiro atoms. The summed E-state index contributed by atoms with van der Waals surface area (Å²) in [4.78, 5) is 4.36. The van der Waals surface area contributed by atoms with Crippen LogP contribution in [-0.2, 0) is 12.7 Å². The molecule has 1 aliphatic carbocycles. The Morgan fingerprint density at radius 2 is 1.85 bits per heavy atom. The molecule has 3 aromatic rings. The third-order valence-corrected chi connectivity index (χ3v) is 4.64. The molecule has 140 valence electrons. The van der Waals surface area contributed by atoms with Gasteiger partial charge in [0.05, 0.1) is 12.1 Å². The zero-order chi connectivity index (χ0) is 18.9. The topological polar surface area (TPSA) is 51.0 Å². The van der Waals surface area contributed by atoms with Crippen LogP contribution in [0, 0.1) is 5.92 Å². The van der Waals surface area contributed by atoms with Gasteiger partial charge in [-0.1, -0.05) is 35.5 Å². The fourth-order valence-corrected chi connectivity index (χ4v) is 3.12. The maximum Gasteiger partial charge on any atom is 0.416 e. The zero-order valence-corrected chi connectivity index (χ0v) is 14.4. The van der Waals surface area contributed by atoms with Crippen molar-refractivity contribution in [3.8, 4) is 11.5 Å². The standard InChI is InChI=1S/C20H18F3N3O/c21-20(22,23)16-8-4-7-15(11-16)18(13-9-10-13)24-12-17-25-19(27-26-17)14-5-2-1-3-6-14/h1-8,11,13,18,24H,9-10,12H2/t18-/m1/s1. The molecule has 4 rings (SSSR count). The first-order chi connectivity index (χ1) is 13.0. The lowest BCUT2D eigenvalue weighted by molar-refractivity contribution is -0.137. The van der Waals surface area contributed by atoms with Gasteiger partial charge in [0.1, 0.15) is 0 Å². The smallest absolute Gasteiger partial charge is 0.334 e. The highest BCUT2D eigenvalue weighted by atomic mass is 19.4. The summed E-state index contributed by atoms with van der Waals surface area (Å²) in [5, 5.41) is 7.27. The Kier molecular flexibility index (Phi) is 4.70. The fourth-order valence-electron chi connectivity index (χ4n) is 3.12. The molecule has 1 aliphatic rings. The largest absolute Gasteiger partial charge is 0.416 e. The number of nitrogens with one attached hydrogen (secondary N) is 1. The number of hydrogen-bond donors (Lipinski definition) is 1. The number of rotatable bonds is 6. The van der Waals surface area contributed by atoms with E-state index in [4.69, 9.17) is 4.52 Å². The lowest BCUT2D eigenvalue weighted by Crippen LogP contribution is -2.23. The van der Waals surface area contributed by atoms with Gasteiger partial charge in [0.2, 0.25) is 0 Å². The molecule has 1 fully saturated rings. The van der Waals surface area contributed by atoms with Crippen LogP contribution in [0.5, 0.6) is 0 Å². The third kappa shape index (κ3) is 4.19. The Morgan fingerprint density at radius 1 is 1.07 bits per heavy atom. The van der Waals surface area contributed by atoms with Crippen LogP contribution in [-0.4, -0.2) is 10.1 Å². The van der Waals surface area contributed by atoms with E-state index in [1.54, 1.807) is 6.07 Å². The fraction of sp³-hybridized carbons (Fsp3) is 0.300. The van der Waals surface area contributed by atoms with Gasteiger partial charge in [-0.2, -0.15) is 18.2 Å². The SMILES string of the molecule is FC(F)(F)c1cccc([C@H](NCc2noc(-c3ccccc3)n2)C2CC2)c1. The molecule has 1 atom stereocenters. The van der Waals surface area contributed by atoms with Gasteiger partial charge in [-0.05, 0) is 48.6 Å². The highest BCUT2D eigenvalue weighted by Crippen LogP contribution is 2.42. The van der Waals surface area contributed by atoms with Gasteiger partial charge < -0.3 is 9.84 Å². The summed E-state index contributed by atoms with van der Waals surface area (Å²) >= 11 is 0. The number of benzene rings is 2. The first kappa shape index (κ1) is 17.7. The van der Waals surface area contributed by atoms with Crippen molar-refractivity contribution in [2.75, 3.05) is 0 Å². The minimum Gasteiger partial charge on any atom is -0.334 e. The molecule has 0 aliphatic heterocycles. The molecular formula is C20H18F3N3O. The molecule has 1 heterocycles. The van der Waals surface area contributed by atoms with Crippen LogP contribution < -0.4 is 5.32 Å². The zero-order valence-electron chi connectivity index (χ0n) is 14.4. The molecule has 0 bridgehead atoms. The maximum atomic E-state index is 13.0. The van der Waals surface area contributed by atoms with Gasteiger partial charge in [-0.25, -0.2) is 0 Å². The molecule has 27 heavy (non-hydrogen) atoms.